The molecule has 0 fully saturated rings. The molecule has 0 amide bonds. The molecule has 1 unspecified atom stereocenters. The number of aryl methyl sites for hydroxylation is 1. The van der Waals surface area contributed by atoms with Crippen LogP contribution in [0.15, 0.2) is 72.7 Å². The molecule has 0 N–H and O–H groups in total. The van der Waals surface area contributed by atoms with Gasteiger partial charge in [-0.25, -0.2) is 8.42 Å². The van der Waals surface area contributed by atoms with E-state index in [1.807, 2.05) is 49.4 Å². The van der Waals surface area contributed by atoms with E-state index in [1.165, 1.54) is 0 Å². The summed E-state index contributed by atoms with van der Waals surface area (Å²) in [5.41, 5.74) is 3.54. The molecule has 2 aromatic carbocycles. The summed E-state index contributed by atoms with van der Waals surface area (Å²) < 4.78 is 28.3. The minimum atomic E-state index is -3.64. The first kappa shape index (κ1) is 17.5. The summed E-state index contributed by atoms with van der Waals surface area (Å²) in [5.74, 6) is 0. The van der Waals surface area contributed by atoms with E-state index < -0.39 is 10.0 Å². The maximum absolute atomic E-state index is 13.4. The van der Waals surface area contributed by atoms with Crippen molar-refractivity contribution < 1.29 is 8.42 Å². The summed E-state index contributed by atoms with van der Waals surface area (Å²) in [4.78, 5) is 0.316. The Balaban J connectivity index is 2.07. The van der Waals surface area contributed by atoms with Crippen LogP contribution in [0.2, 0.25) is 0 Å². The Bertz CT molecular complexity index is 898. The van der Waals surface area contributed by atoms with Gasteiger partial charge in [0.05, 0.1) is 16.6 Å². The Kier molecular flexibility index (Phi) is 4.82. The summed E-state index contributed by atoms with van der Waals surface area (Å²) in [6, 6.07) is 14.4. The number of unbranched alkanes of at least 4 members (excludes halogenated alkanes) is 1. The molecule has 2 aromatic rings. The predicted molar refractivity (Wildman–Crippen MR) is 104 cm³/mol. The van der Waals surface area contributed by atoms with Gasteiger partial charge in [-0.2, -0.15) is 0 Å². The van der Waals surface area contributed by atoms with Gasteiger partial charge in [-0.3, -0.25) is 4.31 Å². The van der Waals surface area contributed by atoms with E-state index in [2.05, 4.69) is 13.2 Å². The number of rotatable bonds is 6. The molecular weight excluding hydrogens is 330 g/mol. The van der Waals surface area contributed by atoms with Crippen molar-refractivity contribution >= 4 is 21.3 Å². The lowest BCUT2D eigenvalue weighted by atomic mass is 10.0. The second-order valence-electron chi connectivity index (χ2n) is 6.39. The molecule has 3 rings (SSSR count). The average molecular weight is 353 g/mol. The fourth-order valence-corrected chi connectivity index (χ4v) is 4.99. The van der Waals surface area contributed by atoms with E-state index in [9.17, 15) is 8.42 Å². The van der Waals surface area contributed by atoms with Crippen molar-refractivity contribution in [3.05, 3.63) is 78.9 Å². The summed E-state index contributed by atoms with van der Waals surface area (Å²) in [6.45, 7) is 9.89. The van der Waals surface area contributed by atoms with Crippen LogP contribution in [-0.2, 0) is 10.0 Å². The summed E-state index contributed by atoms with van der Waals surface area (Å²) in [7, 11) is -3.64. The van der Waals surface area contributed by atoms with Crippen molar-refractivity contribution in [3.63, 3.8) is 0 Å². The zero-order valence-corrected chi connectivity index (χ0v) is 15.3. The maximum Gasteiger partial charge on any atom is 0.264 e. The number of para-hydroxylation sites is 1. The highest BCUT2D eigenvalue weighted by Crippen LogP contribution is 2.44. The van der Waals surface area contributed by atoms with E-state index in [-0.39, 0.29) is 6.04 Å². The summed E-state index contributed by atoms with van der Waals surface area (Å²) >= 11 is 0. The third kappa shape index (κ3) is 3.14. The highest BCUT2D eigenvalue weighted by molar-refractivity contribution is 7.93. The highest BCUT2D eigenvalue weighted by atomic mass is 32.2. The van der Waals surface area contributed by atoms with E-state index in [0.717, 1.165) is 41.6 Å². The lowest BCUT2D eigenvalue weighted by Gasteiger charge is -2.27. The number of hydrogen-bond acceptors (Lipinski definition) is 2. The number of sulfonamides is 1. The van der Waals surface area contributed by atoms with Gasteiger partial charge in [-0.1, -0.05) is 48.6 Å². The molecule has 0 saturated carbocycles. The third-order valence-corrected chi connectivity index (χ3v) is 6.47. The largest absolute Gasteiger partial charge is 0.264 e. The fourth-order valence-electron chi connectivity index (χ4n) is 3.29. The first-order chi connectivity index (χ1) is 12.0. The number of nitrogens with zero attached hydrogens (tertiary/aromatic N) is 1. The van der Waals surface area contributed by atoms with Crippen molar-refractivity contribution in [2.45, 2.75) is 37.1 Å². The van der Waals surface area contributed by atoms with Gasteiger partial charge in [0.1, 0.15) is 0 Å². The molecule has 0 bridgehead atoms. The molecule has 0 aliphatic carbocycles. The topological polar surface area (TPSA) is 37.4 Å². The molecule has 0 radical (unpaired) electrons. The molecule has 0 aromatic heterocycles. The average Bonchev–Trinajstić information content (AvgIpc) is 2.89. The Morgan fingerprint density at radius 1 is 1.12 bits per heavy atom. The van der Waals surface area contributed by atoms with E-state index in [1.54, 1.807) is 16.4 Å². The second-order valence-corrected chi connectivity index (χ2v) is 8.21. The van der Waals surface area contributed by atoms with Crippen LogP contribution in [0, 0.1) is 6.92 Å². The molecule has 1 atom stereocenters. The van der Waals surface area contributed by atoms with E-state index in [4.69, 9.17) is 0 Å². The number of anilines is 1. The fraction of sp³-hybridized carbons (Fsp3) is 0.238. The van der Waals surface area contributed by atoms with Crippen molar-refractivity contribution in [1.82, 2.24) is 0 Å². The van der Waals surface area contributed by atoms with Crippen LogP contribution in [0.25, 0.3) is 5.57 Å². The van der Waals surface area contributed by atoms with Crippen LogP contribution in [0.5, 0.6) is 0 Å². The number of fused-ring (bicyclic) bond motifs is 1. The standard InChI is InChI=1S/C21H23NO2S/c1-4-5-6-10-20-17(3)19-9-7-8-11-21(19)22(20)25(23,24)18-14-12-16(2)13-15-18/h4,7-9,11-15,20H,1,3,5-6,10H2,2H3. The SMILES string of the molecule is C=CCCCC1C(=C)c2ccccc2N1S(=O)(=O)c1ccc(C)cc1. The van der Waals surface area contributed by atoms with Gasteiger partial charge in [-0.15, -0.1) is 6.58 Å². The lowest BCUT2D eigenvalue weighted by molar-refractivity contribution is 0.581. The maximum atomic E-state index is 13.4. The zero-order chi connectivity index (χ0) is 18.0. The molecule has 0 spiro atoms. The van der Waals surface area contributed by atoms with Crippen LogP contribution >= 0.6 is 0 Å². The van der Waals surface area contributed by atoms with Gasteiger partial charge in [0.2, 0.25) is 0 Å². The van der Waals surface area contributed by atoms with Crippen LogP contribution in [0.4, 0.5) is 5.69 Å². The van der Waals surface area contributed by atoms with Crippen LogP contribution in [0.1, 0.15) is 30.4 Å². The molecule has 3 nitrogen and oxygen atoms in total. The van der Waals surface area contributed by atoms with Crippen LogP contribution < -0.4 is 4.31 Å². The molecule has 1 aliphatic heterocycles. The number of allylic oxidation sites excluding steroid dienone is 1. The van der Waals surface area contributed by atoms with Crippen LogP contribution in [-0.4, -0.2) is 14.5 Å². The molecule has 4 heteroatoms. The summed E-state index contributed by atoms with van der Waals surface area (Å²) in [6.07, 6.45) is 4.33. The number of benzene rings is 2. The lowest BCUT2D eigenvalue weighted by Crippen LogP contribution is -2.37. The quantitative estimate of drug-likeness (QED) is 0.545. The van der Waals surface area contributed by atoms with Gasteiger partial charge in [0.15, 0.2) is 0 Å². The van der Waals surface area contributed by atoms with Crippen molar-refractivity contribution in [2.75, 3.05) is 4.31 Å². The second kappa shape index (κ2) is 6.89. The minimum Gasteiger partial charge on any atom is -0.258 e. The molecule has 25 heavy (non-hydrogen) atoms. The molecule has 1 heterocycles. The van der Waals surface area contributed by atoms with Crippen molar-refractivity contribution in [3.8, 4) is 0 Å². The molecule has 130 valence electrons. The van der Waals surface area contributed by atoms with Gasteiger partial charge < -0.3 is 0 Å². The first-order valence-electron chi connectivity index (χ1n) is 8.47. The van der Waals surface area contributed by atoms with Crippen molar-refractivity contribution in [1.29, 1.82) is 0 Å². The Morgan fingerprint density at radius 2 is 1.80 bits per heavy atom. The Morgan fingerprint density at radius 3 is 2.48 bits per heavy atom. The summed E-state index contributed by atoms with van der Waals surface area (Å²) in [5, 5.41) is 0. The van der Waals surface area contributed by atoms with Crippen LogP contribution in [0.3, 0.4) is 0 Å². The third-order valence-electron chi connectivity index (χ3n) is 4.64. The minimum absolute atomic E-state index is 0.247. The van der Waals surface area contributed by atoms with E-state index in [0.29, 0.717) is 4.90 Å². The number of hydrogen-bond donors (Lipinski definition) is 0. The van der Waals surface area contributed by atoms with Gasteiger partial charge in [-0.05, 0) is 50.0 Å². The highest BCUT2D eigenvalue weighted by Gasteiger charge is 2.40. The van der Waals surface area contributed by atoms with Crippen molar-refractivity contribution in [2.24, 2.45) is 0 Å². The normalized spacial score (nSPS) is 16.8. The predicted octanol–water partition coefficient (Wildman–Crippen LogP) is 4.94. The van der Waals surface area contributed by atoms with Gasteiger partial charge >= 0.3 is 0 Å². The Labute approximate surface area is 150 Å². The first-order valence-corrected chi connectivity index (χ1v) is 9.91. The van der Waals surface area contributed by atoms with Gasteiger partial charge in [0, 0.05) is 5.56 Å². The monoisotopic (exact) mass is 353 g/mol. The smallest absolute Gasteiger partial charge is 0.258 e. The molecular formula is C21H23NO2S. The van der Waals surface area contributed by atoms with E-state index >= 15 is 0 Å². The van der Waals surface area contributed by atoms with Gasteiger partial charge in [0.25, 0.3) is 10.0 Å². The Hall–Kier alpha value is -2.33. The molecule has 1 aliphatic rings. The zero-order valence-electron chi connectivity index (χ0n) is 14.5. The molecule has 0 saturated heterocycles.